The molecule has 4 rings (SSSR count). The number of benzene rings is 1. The van der Waals surface area contributed by atoms with Gasteiger partial charge in [-0.2, -0.15) is 0 Å². The van der Waals surface area contributed by atoms with Crippen molar-refractivity contribution in [2.24, 2.45) is 11.3 Å². The van der Waals surface area contributed by atoms with Gasteiger partial charge >= 0.3 is 0 Å². The fraction of sp³-hybridized carbons (Fsp3) is 0.650. The van der Waals surface area contributed by atoms with Gasteiger partial charge in [0.2, 0.25) is 5.91 Å². The lowest BCUT2D eigenvalue weighted by atomic mass is 9.91. The molecule has 2 N–H and O–H groups in total. The van der Waals surface area contributed by atoms with Crippen molar-refractivity contribution in [1.29, 1.82) is 0 Å². The number of nitrogens with one attached hydrogen (secondary N) is 2. The van der Waals surface area contributed by atoms with Crippen molar-refractivity contribution in [1.82, 2.24) is 15.5 Å². The highest BCUT2D eigenvalue weighted by molar-refractivity contribution is 5.83. The Labute approximate surface area is 145 Å². The highest BCUT2D eigenvalue weighted by Gasteiger charge is 2.59. The summed E-state index contributed by atoms with van der Waals surface area (Å²) in [5.41, 5.74) is 2.95. The van der Waals surface area contributed by atoms with Gasteiger partial charge in [-0.3, -0.25) is 4.79 Å². The minimum absolute atomic E-state index is 0.191. The first kappa shape index (κ1) is 16.1. The smallest absolute Gasteiger partial charge is 0.226 e. The zero-order valence-electron chi connectivity index (χ0n) is 14.7. The zero-order valence-corrected chi connectivity index (χ0v) is 14.7. The molecule has 1 aliphatic carbocycles. The number of piperidine rings is 1. The molecular formula is C20H29N3O. The average molecular weight is 327 g/mol. The maximum atomic E-state index is 13.2. The Kier molecular flexibility index (Phi) is 4.35. The van der Waals surface area contributed by atoms with Crippen LogP contribution in [0.15, 0.2) is 24.3 Å². The van der Waals surface area contributed by atoms with Gasteiger partial charge in [0.1, 0.15) is 0 Å². The first-order chi connectivity index (χ1) is 11.7. The van der Waals surface area contributed by atoms with Gasteiger partial charge in [-0.1, -0.05) is 31.2 Å². The number of aryl methyl sites for hydroxylation is 1. The second kappa shape index (κ2) is 6.49. The molecule has 2 saturated heterocycles. The molecule has 0 radical (unpaired) electrons. The molecule has 1 aromatic rings. The van der Waals surface area contributed by atoms with Gasteiger partial charge in [0.15, 0.2) is 0 Å². The molecule has 2 atom stereocenters. The first-order valence-corrected chi connectivity index (χ1v) is 9.54. The predicted molar refractivity (Wildman–Crippen MR) is 95.8 cm³/mol. The molecule has 1 saturated carbocycles. The van der Waals surface area contributed by atoms with Crippen molar-refractivity contribution < 1.29 is 4.79 Å². The largest absolute Gasteiger partial charge is 0.333 e. The van der Waals surface area contributed by atoms with E-state index in [0.717, 1.165) is 45.6 Å². The molecule has 1 spiro atoms. The summed E-state index contributed by atoms with van der Waals surface area (Å²) in [7, 11) is 0. The first-order valence-electron chi connectivity index (χ1n) is 9.54. The van der Waals surface area contributed by atoms with E-state index in [1.54, 1.807) is 0 Å². The molecule has 3 aliphatic rings. The van der Waals surface area contributed by atoms with Gasteiger partial charge in [-0.25, -0.2) is 0 Å². The van der Waals surface area contributed by atoms with Crippen LogP contribution in [0.25, 0.3) is 0 Å². The van der Waals surface area contributed by atoms with E-state index in [0.29, 0.717) is 11.3 Å². The quantitative estimate of drug-likeness (QED) is 0.894. The molecule has 4 heteroatoms. The number of amides is 1. The summed E-state index contributed by atoms with van der Waals surface area (Å²) in [4.78, 5) is 15.4. The third-order valence-corrected chi connectivity index (χ3v) is 6.39. The Morgan fingerprint density at radius 2 is 1.92 bits per heavy atom. The van der Waals surface area contributed by atoms with Crippen LogP contribution < -0.4 is 10.6 Å². The van der Waals surface area contributed by atoms with Crippen LogP contribution in [0.4, 0.5) is 0 Å². The summed E-state index contributed by atoms with van der Waals surface area (Å²) in [6.07, 6.45) is 4.51. The highest BCUT2D eigenvalue weighted by Crippen LogP contribution is 2.59. The SMILES string of the molecule is CCc1ccc(C2CNCCN2C(=O)C2CC23CCNCC3)cc1. The third kappa shape index (κ3) is 2.86. The van der Waals surface area contributed by atoms with Gasteiger partial charge in [0, 0.05) is 25.6 Å². The molecule has 1 aromatic carbocycles. The summed E-state index contributed by atoms with van der Waals surface area (Å²) >= 11 is 0. The molecule has 0 bridgehead atoms. The van der Waals surface area contributed by atoms with Crippen LogP contribution in [0.3, 0.4) is 0 Å². The monoisotopic (exact) mass is 327 g/mol. The van der Waals surface area contributed by atoms with E-state index in [-0.39, 0.29) is 12.0 Å². The van der Waals surface area contributed by atoms with Crippen molar-refractivity contribution in [3.63, 3.8) is 0 Å². The Hall–Kier alpha value is -1.39. The van der Waals surface area contributed by atoms with E-state index in [9.17, 15) is 4.79 Å². The second-order valence-corrected chi connectivity index (χ2v) is 7.72. The van der Waals surface area contributed by atoms with Gasteiger partial charge in [0.25, 0.3) is 0 Å². The maximum Gasteiger partial charge on any atom is 0.226 e. The van der Waals surface area contributed by atoms with Crippen LogP contribution >= 0.6 is 0 Å². The molecule has 2 aliphatic heterocycles. The number of carbonyl (C=O) groups is 1. The number of hydrogen-bond acceptors (Lipinski definition) is 3. The van der Waals surface area contributed by atoms with E-state index in [4.69, 9.17) is 0 Å². The summed E-state index contributed by atoms with van der Waals surface area (Å²) in [6.45, 7) is 6.96. The maximum absolute atomic E-state index is 13.2. The third-order valence-electron chi connectivity index (χ3n) is 6.39. The zero-order chi connectivity index (χ0) is 16.6. The molecule has 24 heavy (non-hydrogen) atoms. The van der Waals surface area contributed by atoms with Crippen LogP contribution in [0.2, 0.25) is 0 Å². The molecule has 1 amide bonds. The number of rotatable bonds is 3. The summed E-state index contributed by atoms with van der Waals surface area (Å²) in [5, 5.41) is 6.90. The summed E-state index contributed by atoms with van der Waals surface area (Å²) < 4.78 is 0. The van der Waals surface area contributed by atoms with Crippen LogP contribution in [0, 0.1) is 11.3 Å². The average Bonchev–Trinajstić information content (AvgIpc) is 3.34. The van der Waals surface area contributed by atoms with Gasteiger partial charge < -0.3 is 15.5 Å². The second-order valence-electron chi connectivity index (χ2n) is 7.72. The molecule has 3 fully saturated rings. The predicted octanol–water partition coefficient (Wildman–Crippen LogP) is 2.11. The fourth-order valence-electron chi connectivity index (χ4n) is 4.62. The number of hydrogen-bond donors (Lipinski definition) is 2. The van der Waals surface area contributed by atoms with E-state index in [2.05, 4.69) is 46.7 Å². The van der Waals surface area contributed by atoms with Crippen LogP contribution in [-0.2, 0) is 11.2 Å². The topological polar surface area (TPSA) is 44.4 Å². The van der Waals surface area contributed by atoms with Gasteiger partial charge in [-0.05, 0) is 55.3 Å². The van der Waals surface area contributed by atoms with E-state index in [1.165, 1.54) is 24.0 Å². The molecular weight excluding hydrogens is 298 g/mol. The number of nitrogens with zero attached hydrogens (tertiary/aromatic N) is 1. The van der Waals surface area contributed by atoms with Crippen LogP contribution in [0.1, 0.15) is 43.4 Å². The van der Waals surface area contributed by atoms with E-state index < -0.39 is 0 Å². The number of carbonyl (C=O) groups excluding carboxylic acids is 1. The minimum atomic E-state index is 0.191. The molecule has 130 valence electrons. The summed E-state index contributed by atoms with van der Waals surface area (Å²) in [6, 6.07) is 9.03. The van der Waals surface area contributed by atoms with E-state index >= 15 is 0 Å². The van der Waals surface area contributed by atoms with Crippen molar-refractivity contribution >= 4 is 5.91 Å². The molecule has 2 unspecified atom stereocenters. The molecule has 0 aromatic heterocycles. The van der Waals surface area contributed by atoms with Gasteiger partial charge in [-0.15, -0.1) is 0 Å². The Bertz CT molecular complexity index is 591. The van der Waals surface area contributed by atoms with Crippen molar-refractivity contribution in [2.45, 2.75) is 38.6 Å². The normalized spacial score (nSPS) is 28.8. The van der Waals surface area contributed by atoms with Crippen molar-refractivity contribution in [3.05, 3.63) is 35.4 Å². The lowest BCUT2D eigenvalue weighted by Crippen LogP contribution is -2.49. The molecule has 2 heterocycles. The standard InChI is InChI=1S/C20H29N3O/c1-2-15-3-5-16(6-4-15)18-14-22-11-12-23(18)19(24)17-13-20(17)7-9-21-10-8-20/h3-6,17-18,21-22H,2,7-14H2,1H3. The lowest BCUT2D eigenvalue weighted by molar-refractivity contribution is -0.137. The minimum Gasteiger partial charge on any atom is -0.333 e. The summed E-state index contributed by atoms with van der Waals surface area (Å²) in [5.74, 6) is 0.679. The number of piperazine rings is 1. The Balaban J connectivity index is 1.50. The highest BCUT2D eigenvalue weighted by atomic mass is 16.2. The lowest BCUT2D eigenvalue weighted by Gasteiger charge is -2.37. The van der Waals surface area contributed by atoms with E-state index in [1.807, 2.05) is 0 Å². The molecule has 4 nitrogen and oxygen atoms in total. The van der Waals surface area contributed by atoms with Crippen LogP contribution in [0.5, 0.6) is 0 Å². The van der Waals surface area contributed by atoms with Gasteiger partial charge in [0.05, 0.1) is 6.04 Å². The Morgan fingerprint density at radius 1 is 1.17 bits per heavy atom. The van der Waals surface area contributed by atoms with Crippen molar-refractivity contribution in [3.8, 4) is 0 Å². The van der Waals surface area contributed by atoms with Crippen molar-refractivity contribution in [2.75, 3.05) is 32.7 Å². The Morgan fingerprint density at radius 3 is 2.62 bits per heavy atom. The fourth-order valence-corrected chi connectivity index (χ4v) is 4.62. The van der Waals surface area contributed by atoms with Crippen LogP contribution in [-0.4, -0.2) is 43.5 Å².